The van der Waals surface area contributed by atoms with Crippen LogP contribution in [0.2, 0.25) is 5.02 Å². The quantitative estimate of drug-likeness (QED) is 0.644. The van der Waals surface area contributed by atoms with E-state index in [1.54, 1.807) is 11.8 Å². The number of halogens is 1. The fourth-order valence-corrected chi connectivity index (χ4v) is 3.47. The van der Waals surface area contributed by atoms with Crippen molar-refractivity contribution in [2.75, 3.05) is 0 Å². The van der Waals surface area contributed by atoms with Gasteiger partial charge in [0.15, 0.2) is 0 Å². The second-order valence-electron chi connectivity index (χ2n) is 7.92. The van der Waals surface area contributed by atoms with Gasteiger partial charge in [-0.15, -0.1) is 0 Å². The summed E-state index contributed by atoms with van der Waals surface area (Å²) in [7, 11) is 0. The Bertz CT molecular complexity index is 656. The van der Waals surface area contributed by atoms with Crippen molar-refractivity contribution in [2.45, 2.75) is 62.2 Å². The molecule has 0 aliphatic carbocycles. The molecular weight excluding hydrogens is 324 g/mol. The Labute approximate surface area is 149 Å². The van der Waals surface area contributed by atoms with Gasteiger partial charge in [0.2, 0.25) is 0 Å². The summed E-state index contributed by atoms with van der Waals surface area (Å²) < 4.78 is 0. The Morgan fingerprint density at radius 2 is 1.22 bits per heavy atom. The van der Waals surface area contributed by atoms with E-state index in [-0.39, 0.29) is 10.8 Å². The molecule has 0 spiro atoms. The number of hydrogen-bond donors (Lipinski definition) is 1. The Morgan fingerprint density at radius 1 is 0.783 bits per heavy atom. The number of hydrogen-bond acceptors (Lipinski definition) is 2. The van der Waals surface area contributed by atoms with Gasteiger partial charge in [-0.2, -0.15) is 0 Å². The molecule has 1 N–H and O–H groups in total. The molecule has 0 fully saturated rings. The van der Waals surface area contributed by atoms with Gasteiger partial charge < -0.3 is 5.11 Å². The molecule has 1 nitrogen and oxygen atoms in total. The zero-order valence-electron chi connectivity index (χ0n) is 14.7. The van der Waals surface area contributed by atoms with E-state index in [9.17, 15) is 5.11 Å². The van der Waals surface area contributed by atoms with E-state index in [4.69, 9.17) is 11.6 Å². The fraction of sp³-hybridized carbons (Fsp3) is 0.400. The van der Waals surface area contributed by atoms with E-state index in [0.29, 0.717) is 5.75 Å². The highest BCUT2D eigenvalue weighted by Gasteiger charge is 2.26. The molecule has 3 heteroatoms. The number of benzene rings is 2. The standard InChI is InChI=1S/C20H25ClOS/c1-19(2,3)16-11-15(12-17(18(16)22)20(4,5)6)23-14-9-7-13(21)8-10-14/h7-12,22H,1-6H3. The van der Waals surface area contributed by atoms with E-state index < -0.39 is 0 Å². The average molecular weight is 349 g/mol. The zero-order chi connectivity index (χ0) is 17.4. The molecule has 2 aromatic rings. The molecule has 0 bridgehead atoms. The molecule has 0 aliphatic heterocycles. The van der Waals surface area contributed by atoms with E-state index in [1.165, 1.54) is 0 Å². The molecule has 2 aromatic carbocycles. The monoisotopic (exact) mass is 348 g/mol. The Morgan fingerprint density at radius 3 is 1.61 bits per heavy atom. The largest absolute Gasteiger partial charge is 0.507 e. The minimum atomic E-state index is -0.110. The molecule has 0 atom stereocenters. The Kier molecular flexibility index (Phi) is 5.08. The number of rotatable bonds is 2. The van der Waals surface area contributed by atoms with Gasteiger partial charge in [-0.25, -0.2) is 0 Å². The summed E-state index contributed by atoms with van der Waals surface area (Å²) in [5, 5.41) is 11.5. The molecule has 0 aromatic heterocycles. The van der Waals surface area contributed by atoms with Gasteiger partial charge in [0.25, 0.3) is 0 Å². The van der Waals surface area contributed by atoms with Crippen molar-refractivity contribution in [3.8, 4) is 5.75 Å². The minimum Gasteiger partial charge on any atom is -0.507 e. The van der Waals surface area contributed by atoms with Crippen LogP contribution in [-0.2, 0) is 10.8 Å². The van der Waals surface area contributed by atoms with E-state index in [0.717, 1.165) is 25.9 Å². The topological polar surface area (TPSA) is 20.2 Å². The van der Waals surface area contributed by atoms with Crippen LogP contribution in [0.4, 0.5) is 0 Å². The van der Waals surface area contributed by atoms with Gasteiger partial charge in [0.05, 0.1) is 0 Å². The van der Waals surface area contributed by atoms with Crippen LogP contribution < -0.4 is 0 Å². The van der Waals surface area contributed by atoms with Gasteiger partial charge >= 0.3 is 0 Å². The van der Waals surface area contributed by atoms with Gasteiger partial charge in [-0.1, -0.05) is 64.9 Å². The maximum absolute atomic E-state index is 10.8. The number of phenolic OH excluding ortho intramolecular Hbond substituents is 1. The van der Waals surface area contributed by atoms with Crippen molar-refractivity contribution in [1.82, 2.24) is 0 Å². The van der Waals surface area contributed by atoms with Crippen molar-refractivity contribution in [3.05, 3.63) is 52.5 Å². The van der Waals surface area contributed by atoms with Crippen LogP contribution in [0.5, 0.6) is 5.75 Å². The van der Waals surface area contributed by atoms with Crippen molar-refractivity contribution >= 4 is 23.4 Å². The van der Waals surface area contributed by atoms with E-state index >= 15 is 0 Å². The predicted molar refractivity (Wildman–Crippen MR) is 101 cm³/mol. The highest BCUT2D eigenvalue weighted by Crippen LogP contribution is 2.43. The molecule has 0 amide bonds. The predicted octanol–water partition coefficient (Wildman–Crippen LogP) is 6.79. The van der Waals surface area contributed by atoms with Crippen LogP contribution in [0.15, 0.2) is 46.2 Å². The Hall–Kier alpha value is -1.12. The first-order valence-electron chi connectivity index (χ1n) is 7.80. The lowest BCUT2D eigenvalue weighted by atomic mass is 9.79. The van der Waals surface area contributed by atoms with Gasteiger partial charge in [-0.05, 0) is 47.2 Å². The summed E-state index contributed by atoms with van der Waals surface area (Å²) in [4.78, 5) is 2.28. The summed E-state index contributed by atoms with van der Waals surface area (Å²) in [6.45, 7) is 12.8. The van der Waals surface area contributed by atoms with Crippen molar-refractivity contribution < 1.29 is 5.11 Å². The van der Waals surface area contributed by atoms with Crippen LogP contribution in [0.1, 0.15) is 52.7 Å². The lowest BCUT2D eigenvalue weighted by molar-refractivity contribution is 0.422. The first-order valence-corrected chi connectivity index (χ1v) is 8.99. The normalized spacial score (nSPS) is 12.5. The molecule has 0 saturated carbocycles. The molecular formula is C20H25ClOS. The number of aromatic hydroxyl groups is 1. The summed E-state index contributed by atoms with van der Waals surface area (Å²) in [5.74, 6) is 0.422. The SMILES string of the molecule is CC(C)(C)c1cc(Sc2ccc(Cl)cc2)cc(C(C)(C)C)c1O. The maximum atomic E-state index is 10.8. The van der Waals surface area contributed by atoms with Crippen molar-refractivity contribution in [2.24, 2.45) is 0 Å². The summed E-state index contributed by atoms with van der Waals surface area (Å²) >= 11 is 7.66. The molecule has 0 unspecified atom stereocenters. The summed E-state index contributed by atoms with van der Waals surface area (Å²) in [6.07, 6.45) is 0. The molecule has 2 rings (SSSR count). The molecule has 0 saturated heterocycles. The van der Waals surface area contributed by atoms with Crippen LogP contribution in [0, 0.1) is 0 Å². The van der Waals surface area contributed by atoms with Crippen molar-refractivity contribution in [1.29, 1.82) is 0 Å². The van der Waals surface area contributed by atoms with E-state index in [1.807, 2.05) is 24.3 Å². The second kappa shape index (κ2) is 6.41. The van der Waals surface area contributed by atoms with Crippen LogP contribution in [0.25, 0.3) is 0 Å². The lowest BCUT2D eigenvalue weighted by Crippen LogP contribution is -2.17. The van der Waals surface area contributed by atoms with Gasteiger partial charge in [0.1, 0.15) is 5.75 Å². The third-order valence-corrected chi connectivity index (χ3v) is 4.98. The highest BCUT2D eigenvalue weighted by atomic mass is 35.5. The third kappa shape index (κ3) is 4.45. The Balaban J connectivity index is 2.53. The number of phenols is 1. The molecule has 124 valence electrons. The first kappa shape index (κ1) is 18.2. The molecule has 23 heavy (non-hydrogen) atoms. The van der Waals surface area contributed by atoms with Gasteiger partial charge in [0, 0.05) is 25.9 Å². The first-order chi connectivity index (χ1) is 10.5. The summed E-state index contributed by atoms with van der Waals surface area (Å²) in [5.41, 5.74) is 1.75. The van der Waals surface area contributed by atoms with Crippen LogP contribution in [-0.4, -0.2) is 5.11 Å². The molecule has 0 aliphatic rings. The second-order valence-corrected chi connectivity index (χ2v) is 9.51. The minimum absolute atomic E-state index is 0.110. The third-order valence-electron chi connectivity index (χ3n) is 3.75. The zero-order valence-corrected chi connectivity index (χ0v) is 16.3. The maximum Gasteiger partial charge on any atom is 0.123 e. The van der Waals surface area contributed by atoms with Crippen LogP contribution >= 0.6 is 23.4 Å². The summed E-state index contributed by atoms with van der Waals surface area (Å²) in [6, 6.07) is 12.0. The average Bonchev–Trinajstić information content (AvgIpc) is 2.40. The highest BCUT2D eigenvalue weighted by molar-refractivity contribution is 7.99. The molecule has 0 radical (unpaired) electrons. The van der Waals surface area contributed by atoms with Crippen molar-refractivity contribution in [3.63, 3.8) is 0 Å². The van der Waals surface area contributed by atoms with Gasteiger partial charge in [-0.3, -0.25) is 0 Å². The smallest absolute Gasteiger partial charge is 0.123 e. The van der Waals surface area contributed by atoms with E-state index in [2.05, 4.69) is 53.7 Å². The lowest BCUT2D eigenvalue weighted by Gasteiger charge is -2.28. The van der Waals surface area contributed by atoms with Crippen LogP contribution in [0.3, 0.4) is 0 Å². The fourth-order valence-electron chi connectivity index (χ4n) is 2.45. The molecule has 0 heterocycles.